The Morgan fingerprint density at radius 2 is 1.73 bits per heavy atom. The van der Waals surface area contributed by atoms with Gasteiger partial charge in [-0.05, 0) is 54.8 Å². The standard InChI is InChI=1S/C20H25NO4S/c1-15-10-16(2)12-19(11-15)25-9-8-21(3)20(22)18-7-5-6-17(13-18)14-26(4,23)24/h5-7,10-13H,8-9,14H2,1-4H3. The number of aryl methyl sites for hydroxylation is 2. The third kappa shape index (κ3) is 6.19. The summed E-state index contributed by atoms with van der Waals surface area (Å²) in [6.07, 6.45) is 1.18. The largest absolute Gasteiger partial charge is 0.492 e. The number of rotatable bonds is 7. The first-order valence-corrected chi connectivity index (χ1v) is 10.4. The zero-order valence-corrected chi connectivity index (χ0v) is 16.5. The van der Waals surface area contributed by atoms with Gasteiger partial charge in [-0.3, -0.25) is 4.79 Å². The van der Waals surface area contributed by atoms with Gasteiger partial charge in [0.05, 0.1) is 12.3 Å². The number of carbonyl (C=O) groups excluding carboxylic acids is 1. The van der Waals surface area contributed by atoms with Crippen molar-refractivity contribution in [1.82, 2.24) is 4.90 Å². The summed E-state index contributed by atoms with van der Waals surface area (Å²) in [5.74, 6) is 0.552. The van der Waals surface area contributed by atoms with Gasteiger partial charge in [0, 0.05) is 18.9 Å². The molecule has 0 aliphatic heterocycles. The Balaban J connectivity index is 1.95. The Morgan fingerprint density at radius 1 is 1.08 bits per heavy atom. The molecule has 140 valence electrons. The molecule has 2 rings (SSSR count). The van der Waals surface area contributed by atoms with E-state index in [4.69, 9.17) is 4.74 Å². The summed E-state index contributed by atoms with van der Waals surface area (Å²) in [7, 11) is -1.43. The molecule has 1 amide bonds. The second kappa shape index (κ2) is 8.36. The van der Waals surface area contributed by atoms with Crippen LogP contribution in [0.15, 0.2) is 42.5 Å². The van der Waals surface area contributed by atoms with Crippen molar-refractivity contribution in [3.63, 3.8) is 0 Å². The van der Waals surface area contributed by atoms with Crippen LogP contribution in [0.25, 0.3) is 0 Å². The molecule has 0 fully saturated rings. The van der Waals surface area contributed by atoms with E-state index in [2.05, 4.69) is 6.07 Å². The number of likely N-dealkylation sites (N-methyl/N-ethyl adjacent to an activating group) is 1. The highest BCUT2D eigenvalue weighted by atomic mass is 32.2. The number of nitrogens with zero attached hydrogens (tertiary/aromatic N) is 1. The van der Waals surface area contributed by atoms with E-state index in [1.807, 2.05) is 26.0 Å². The molecule has 0 N–H and O–H groups in total. The van der Waals surface area contributed by atoms with E-state index in [9.17, 15) is 13.2 Å². The Morgan fingerprint density at radius 3 is 2.35 bits per heavy atom. The average molecular weight is 375 g/mol. The fourth-order valence-electron chi connectivity index (χ4n) is 2.74. The highest BCUT2D eigenvalue weighted by molar-refractivity contribution is 7.89. The summed E-state index contributed by atoms with van der Waals surface area (Å²) in [6.45, 7) is 4.84. The maximum atomic E-state index is 12.5. The molecule has 0 spiro atoms. The Hall–Kier alpha value is -2.34. The zero-order chi connectivity index (χ0) is 19.3. The van der Waals surface area contributed by atoms with Crippen LogP contribution in [-0.4, -0.2) is 45.7 Å². The van der Waals surface area contributed by atoms with Crippen LogP contribution < -0.4 is 4.74 Å². The molecule has 0 heterocycles. The van der Waals surface area contributed by atoms with Crippen molar-refractivity contribution in [2.75, 3.05) is 26.5 Å². The predicted molar refractivity (Wildman–Crippen MR) is 103 cm³/mol. The van der Waals surface area contributed by atoms with Crippen molar-refractivity contribution in [3.05, 3.63) is 64.7 Å². The minimum absolute atomic E-state index is 0.0757. The summed E-state index contributed by atoms with van der Waals surface area (Å²) in [5, 5.41) is 0. The number of benzene rings is 2. The van der Waals surface area contributed by atoms with Crippen LogP contribution in [0, 0.1) is 13.8 Å². The zero-order valence-electron chi connectivity index (χ0n) is 15.7. The average Bonchev–Trinajstić information content (AvgIpc) is 2.51. The molecule has 0 saturated carbocycles. The lowest BCUT2D eigenvalue weighted by Gasteiger charge is -2.18. The van der Waals surface area contributed by atoms with Crippen molar-refractivity contribution in [1.29, 1.82) is 0 Å². The van der Waals surface area contributed by atoms with Gasteiger partial charge in [0.2, 0.25) is 0 Å². The van der Waals surface area contributed by atoms with Gasteiger partial charge in [-0.2, -0.15) is 0 Å². The highest BCUT2D eigenvalue weighted by Gasteiger charge is 2.13. The molecular formula is C20H25NO4S. The van der Waals surface area contributed by atoms with E-state index >= 15 is 0 Å². The maximum absolute atomic E-state index is 12.5. The van der Waals surface area contributed by atoms with Gasteiger partial charge >= 0.3 is 0 Å². The van der Waals surface area contributed by atoms with Crippen molar-refractivity contribution in [3.8, 4) is 5.75 Å². The SMILES string of the molecule is Cc1cc(C)cc(OCCN(C)C(=O)c2cccc(CS(C)(=O)=O)c2)c1. The monoisotopic (exact) mass is 375 g/mol. The number of hydrogen-bond donors (Lipinski definition) is 0. The molecule has 26 heavy (non-hydrogen) atoms. The van der Waals surface area contributed by atoms with E-state index < -0.39 is 9.84 Å². The summed E-state index contributed by atoms with van der Waals surface area (Å²) >= 11 is 0. The van der Waals surface area contributed by atoms with Crippen LogP contribution in [0.4, 0.5) is 0 Å². The van der Waals surface area contributed by atoms with Gasteiger partial charge in [-0.15, -0.1) is 0 Å². The Bertz CT molecular complexity index is 870. The second-order valence-electron chi connectivity index (χ2n) is 6.67. The fourth-order valence-corrected chi connectivity index (χ4v) is 3.52. The third-order valence-corrected chi connectivity index (χ3v) is 4.70. The first-order valence-electron chi connectivity index (χ1n) is 8.37. The van der Waals surface area contributed by atoms with Crippen molar-refractivity contribution in [2.45, 2.75) is 19.6 Å². The maximum Gasteiger partial charge on any atom is 0.253 e. The third-order valence-electron chi connectivity index (χ3n) is 3.84. The normalized spacial score (nSPS) is 11.2. The second-order valence-corrected chi connectivity index (χ2v) is 8.81. The van der Waals surface area contributed by atoms with Gasteiger partial charge in [-0.25, -0.2) is 8.42 Å². The van der Waals surface area contributed by atoms with Gasteiger partial charge in [0.25, 0.3) is 5.91 Å². The van der Waals surface area contributed by atoms with Crippen LogP contribution in [0.1, 0.15) is 27.0 Å². The summed E-state index contributed by atoms with van der Waals surface area (Å²) in [5.41, 5.74) is 3.34. The summed E-state index contributed by atoms with van der Waals surface area (Å²) in [6, 6.07) is 12.7. The highest BCUT2D eigenvalue weighted by Crippen LogP contribution is 2.16. The van der Waals surface area contributed by atoms with Gasteiger partial charge in [-0.1, -0.05) is 18.2 Å². The van der Waals surface area contributed by atoms with Gasteiger partial charge in [0.15, 0.2) is 9.84 Å². The van der Waals surface area contributed by atoms with Gasteiger partial charge < -0.3 is 9.64 Å². The molecule has 0 radical (unpaired) electrons. The van der Waals surface area contributed by atoms with E-state index in [1.165, 1.54) is 6.26 Å². The molecule has 0 saturated heterocycles. The molecule has 0 bridgehead atoms. The van der Waals surface area contributed by atoms with Crippen LogP contribution in [0.2, 0.25) is 0 Å². The van der Waals surface area contributed by atoms with Crippen molar-refractivity contribution in [2.24, 2.45) is 0 Å². The first kappa shape index (κ1) is 20.0. The molecule has 2 aromatic carbocycles. The first-order chi connectivity index (χ1) is 12.1. The van der Waals surface area contributed by atoms with Crippen molar-refractivity contribution < 1.29 is 17.9 Å². The van der Waals surface area contributed by atoms with Gasteiger partial charge in [0.1, 0.15) is 12.4 Å². The molecule has 0 atom stereocenters. The van der Waals surface area contributed by atoms with E-state index in [0.29, 0.717) is 24.3 Å². The predicted octanol–water partition coefficient (Wildman–Crippen LogP) is 3.00. The fraction of sp³-hybridized carbons (Fsp3) is 0.350. The minimum atomic E-state index is -3.14. The van der Waals surface area contributed by atoms with Crippen LogP contribution >= 0.6 is 0 Å². The van der Waals surface area contributed by atoms with E-state index in [-0.39, 0.29) is 11.7 Å². The lowest BCUT2D eigenvalue weighted by molar-refractivity contribution is 0.0773. The Kier molecular flexibility index (Phi) is 6.42. The number of amides is 1. The van der Waals surface area contributed by atoms with Crippen LogP contribution in [0.5, 0.6) is 5.75 Å². The molecule has 6 heteroatoms. The molecule has 5 nitrogen and oxygen atoms in total. The number of ether oxygens (including phenoxy) is 1. The minimum Gasteiger partial charge on any atom is -0.492 e. The topological polar surface area (TPSA) is 63.7 Å². The quantitative estimate of drug-likeness (QED) is 0.746. The van der Waals surface area contributed by atoms with E-state index in [0.717, 1.165) is 16.9 Å². The van der Waals surface area contributed by atoms with Crippen LogP contribution in [-0.2, 0) is 15.6 Å². The molecule has 0 aliphatic carbocycles. The molecule has 0 aromatic heterocycles. The number of hydrogen-bond acceptors (Lipinski definition) is 4. The Labute approximate surface area is 155 Å². The summed E-state index contributed by atoms with van der Waals surface area (Å²) < 4.78 is 28.6. The number of sulfone groups is 1. The van der Waals surface area contributed by atoms with Crippen molar-refractivity contribution >= 4 is 15.7 Å². The lowest BCUT2D eigenvalue weighted by atomic mass is 10.1. The smallest absolute Gasteiger partial charge is 0.253 e. The van der Waals surface area contributed by atoms with E-state index in [1.54, 1.807) is 36.2 Å². The summed E-state index contributed by atoms with van der Waals surface area (Å²) in [4.78, 5) is 14.1. The molecular weight excluding hydrogens is 350 g/mol. The number of carbonyl (C=O) groups is 1. The lowest BCUT2D eigenvalue weighted by Crippen LogP contribution is -2.31. The van der Waals surface area contributed by atoms with Crippen LogP contribution in [0.3, 0.4) is 0 Å². The molecule has 0 aliphatic rings. The molecule has 0 unspecified atom stereocenters. The molecule has 2 aromatic rings.